The van der Waals surface area contributed by atoms with Crippen molar-refractivity contribution in [3.63, 3.8) is 0 Å². The Bertz CT molecular complexity index is 643. The number of nitrogens with zero attached hydrogens (tertiary/aromatic N) is 3. The molecule has 26 heavy (non-hydrogen) atoms. The van der Waals surface area contributed by atoms with E-state index < -0.39 is 6.04 Å². The first kappa shape index (κ1) is 18.6. The molecule has 2 saturated heterocycles. The molecular weight excluding hydrogens is 335 g/mol. The summed E-state index contributed by atoms with van der Waals surface area (Å²) in [6.07, 6.45) is 0.785. The molecule has 0 bridgehead atoms. The van der Waals surface area contributed by atoms with Gasteiger partial charge in [-0.1, -0.05) is 0 Å². The lowest BCUT2D eigenvalue weighted by atomic mass is 10.1. The van der Waals surface area contributed by atoms with Crippen LogP contribution in [0.5, 0.6) is 0 Å². The first-order valence-corrected chi connectivity index (χ1v) is 9.30. The van der Waals surface area contributed by atoms with E-state index >= 15 is 0 Å². The minimum atomic E-state index is -0.423. The molecule has 1 aromatic rings. The number of carbonyl (C=O) groups excluding carboxylic acids is 2. The van der Waals surface area contributed by atoms with Gasteiger partial charge < -0.3 is 15.1 Å². The molecule has 3 rings (SSSR count). The average molecular weight is 362 g/mol. The molecule has 0 saturated carbocycles. The predicted molar refractivity (Wildman–Crippen MR) is 98.4 cm³/mol. The van der Waals surface area contributed by atoms with Crippen LogP contribution in [0.25, 0.3) is 0 Å². The Hall–Kier alpha value is -2.15. The predicted octanol–water partition coefficient (Wildman–Crippen LogP) is 1.07. The van der Waals surface area contributed by atoms with Crippen molar-refractivity contribution >= 4 is 17.5 Å². The number of halogens is 1. The zero-order valence-corrected chi connectivity index (χ0v) is 15.4. The summed E-state index contributed by atoms with van der Waals surface area (Å²) < 4.78 is 13.1. The van der Waals surface area contributed by atoms with Crippen LogP contribution in [0.15, 0.2) is 24.3 Å². The van der Waals surface area contributed by atoms with Crippen LogP contribution in [-0.4, -0.2) is 73.0 Å². The summed E-state index contributed by atoms with van der Waals surface area (Å²) in [4.78, 5) is 31.0. The van der Waals surface area contributed by atoms with Crippen molar-refractivity contribution in [2.24, 2.45) is 0 Å². The first-order valence-electron chi connectivity index (χ1n) is 9.30. The Morgan fingerprint density at radius 3 is 2.46 bits per heavy atom. The summed E-state index contributed by atoms with van der Waals surface area (Å²) in [5.74, 6) is -0.295. The standard InChI is InChI=1S/C19H27FN4O2/c1-14-18(25)21-8-3-9-24(14)19(26)15(2)22-10-12-23(13-11-22)17-6-4-16(20)5-7-17/h4-7,14-15H,3,8-13H2,1-2H3,(H,21,25)/t14-,15+/m0/s1. The topological polar surface area (TPSA) is 55.9 Å². The van der Waals surface area contributed by atoms with Crippen LogP contribution in [0.4, 0.5) is 10.1 Å². The second kappa shape index (κ2) is 8.03. The van der Waals surface area contributed by atoms with Gasteiger partial charge in [-0.2, -0.15) is 0 Å². The molecule has 1 N–H and O–H groups in total. The molecule has 142 valence electrons. The monoisotopic (exact) mass is 362 g/mol. The number of piperazine rings is 1. The molecule has 0 radical (unpaired) electrons. The molecule has 0 aromatic heterocycles. The Labute approximate surface area is 153 Å². The number of carbonyl (C=O) groups is 2. The third kappa shape index (κ3) is 3.98. The van der Waals surface area contributed by atoms with E-state index in [4.69, 9.17) is 0 Å². The first-order chi connectivity index (χ1) is 12.5. The molecule has 2 aliphatic rings. The van der Waals surface area contributed by atoms with Crippen LogP contribution < -0.4 is 10.2 Å². The number of anilines is 1. The molecule has 6 nitrogen and oxygen atoms in total. The summed E-state index contributed by atoms with van der Waals surface area (Å²) in [5, 5.41) is 2.85. The quantitative estimate of drug-likeness (QED) is 0.874. The fraction of sp³-hybridized carbons (Fsp3) is 0.579. The number of rotatable bonds is 3. The van der Waals surface area contributed by atoms with E-state index in [0.717, 1.165) is 38.3 Å². The van der Waals surface area contributed by atoms with Crippen LogP contribution in [0.3, 0.4) is 0 Å². The SMILES string of the molecule is C[C@H](C(=O)N1CCCNC(=O)[C@@H]1C)N1CCN(c2ccc(F)cc2)CC1. The Morgan fingerprint density at radius 2 is 1.81 bits per heavy atom. The minimum absolute atomic E-state index is 0.0183. The summed E-state index contributed by atoms with van der Waals surface area (Å²) >= 11 is 0. The van der Waals surface area contributed by atoms with E-state index in [-0.39, 0.29) is 23.7 Å². The van der Waals surface area contributed by atoms with Gasteiger partial charge in [0, 0.05) is 45.0 Å². The average Bonchev–Trinajstić information content (AvgIpc) is 2.83. The normalized spacial score (nSPS) is 23.3. The maximum atomic E-state index is 13.1. The van der Waals surface area contributed by atoms with E-state index in [0.29, 0.717) is 13.1 Å². The van der Waals surface area contributed by atoms with Crippen LogP contribution in [0, 0.1) is 5.82 Å². The highest BCUT2D eigenvalue weighted by atomic mass is 19.1. The Kier molecular flexibility index (Phi) is 5.76. The maximum Gasteiger partial charge on any atom is 0.242 e. The lowest BCUT2D eigenvalue weighted by Gasteiger charge is -2.40. The van der Waals surface area contributed by atoms with Crippen molar-refractivity contribution in [1.82, 2.24) is 15.1 Å². The molecule has 1 aromatic carbocycles. The second-order valence-electron chi connectivity index (χ2n) is 7.03. The Morgan fingerprint density at radius 1 is 1.15 bits per heavy atom. The van der Waals surface area contributed by atoms with Crippen LogP contribution in [-0.2, 0) is 9.59 Å². The van der Waals surface area contributed by atoms with Gasteiger partial charge in [0.1, 0.15) is 11.9 Å². The van der Waals surface area contributed by atoms with Gasteiger partial charge in [-0.15, -0.1) is 0 Å². The van der Waals surface area contributed by atoms with E-state index in [9.17, 15) is 14.0 Å². The molecular formula is C19H27FN4O2. The third-order valence-corrected chi connectivity index (χ3v) is 5.42. The van der Waals surface area contributed by atoms with Gasteiger partial charge in [0.05, 0.1) is 6.04 Å². The molecule has 0 spiro atoms. The molecule has 2 fully saturated rings. The molecule has 0 unspecified atom stereocenters. The highest BCUT2D eigenvalue weighted by molar-refractivity contribution is 5.89. The van der Waals surface area contributed by atoms with Crippen LogP contribution in [0.1, 0.15) is 20.3 Å². The zero-order valence-electron chi connectivity index (χ0n) is 15.4. The molecule has 2 heterocycles. The maximum absolute atomic E-state index is 13.1. The second-order valence-corrected chi connectivity index (χ2v) is 7.03. The number of benzene rings is 1. The lowest BCUT2D eigenvalue weighted by molar-refractivity contribution is -0.142. The van der Waals surface area contributed by atoms with Gasteiger partial charge >= 0.3 is 0 Å². The van der Waals surface area contributed by atoms with Gasteiger partial charge in [0.2, 0.25) is 11.8 Å². The molecule has 0 aliphatic carbocycles. The highest BCUT2D eigenvalue weighted by Crippen LogP contribution is 2.19. The van der Waals surface area contributed by atoms with Crippen molar-refractivity contribution < 1.29 is 14.0 Å². The largest absolute Gasteiger partial charge is 0.369 e. The van der Waals surface area contributed by atoms with Crippen LogP contribution >= 0.6 is 0 Å². The van der Waals surface area contributed by atoms with Crippen molar-refractivity contribution in [3.8, 4) is 0 Å². The fourth-order valence-corrected chi connectivity index (χ4v) is 3.66. The Balaban J connectivity index is 1.58. The van der Waals surface area contributed by atoms with Gasteiger partial charge in [0.15, 0.2) is 0 Å². The van der Waals surface area contributed by atoms with Gasteiger partial charge in [-0.3, -0.25) is 14.5 Å². The van der Waals surface area contributed by atoms with E-state index in [1.165, 1.54) is 12.1 Å². The number of nitrogens with one attached hydrogen (secondary N) is 1. The summed E-state index contributed by atoms with van der Waals surface area (Å²) in [6, 6.07) is 5.85. The lowest BCUT2D eigenvalue weighted by Crippen LogP contribution is -2.57. The zero-order chi connectivity index (χ0) is 18.7. The third-order valence-electron chi connectivity index (χ3n) is 5.42. The number of hydrogen-bond donors (Lipinski definition) is 1. The van der Waals surface area contributed by atoms with Crippen molar-refractivity contribution in [2.75, 3.05) is 44.2 Å². The summed E-state index contributed by atoms with van der Waals surface area (Å²) in [7, 11) is 0. The van der Waals surface area contributed by atoms with Crippen molar-refractivity contribution in [2.45, 2.75) is 32.4 Å². The fourth-order valence-electron chi connectivity index (χ4n) is 3.66. The summed E-state index contributed by atoms with van der Waals surface area (Å²) in [6.45, 7) is 8.05. The smallest absolute Gasteiger partial charge is 0.242 e. The number of hydrogen-bond acceptors (Lipinski definition) is 4. The van der Waals surface area contributed by atoms with Crippen molar-refractivity contribution in [1.29, 1.82) is 0 Å². The number of amides is 2. The highest BCUT2D eigenvalue weighted by Gasteiger charge is 2.33. The van der Waals surface area contributed by atoms with Crippen molar-refractivity contribution in [3.05, 3.63) is 30.1 Å². The molecule has 2 atom stereocenters. The van der Waals surface area contributed by atoms with Gasteiger partial charge in [-0.05, 0) is 44.5 Å². The van der Waals surface area contributed by atoms with E-state index in [1.807, 2.05) is 6.92 Å². The van der Waals surface area contributed by atoms with E-state index in [1.54, 1.807) is 24.0 Å². The minimum Gasteiger partial charge on any atom is -0.369 e. The molecule has 7 heteroatoms. The van der Waals surface area contributed by atoms with E-state index in [2.05, 4.69) is 15.1 Å². The van der Waals surface area contributed by atoms with Gasteiger partial charge in [0.25, 0.3) is 0 Å². The van der Waals surface area contributed by atoms with Crippen LogP contribution in [0.2, 0.25) is 0 Å². The summed E-state index contributed by atoms with van der Waals surface area (Å²) in [5.41, 5.74) is 1.00. The molecule has 2 amide bonds. The van der Waals surface area contributed by atoms with Gasteiger partial charge in [-0.25, -0.2) is 4.39 Å². The molecule has 2 aliphatic heterocycles.